The molecule has 21 heavy (non-hydrogen) atoms. The first-order chi connectivity index (χ1) is 10.0. The maximum Gasteiger partial charge on any atom is 0.272 e. The summed E-state index contributed by atoms with van der Waals surface area (Å²) in [6.07, 6.45) is 3.59. The molecule has 7 heteroatoms. The number of fused-ring (bicyclic) bond motifs is 1. The molecule has 0 aromatic carbocycles. The molecule has 3 aromatic rings. The van der Waals surface area contributed by atoms with E-state index in [0.717, 1.165) is 17.0 Å². The summed E-state index contributed by atoms with van der Waals surface area (Å²) >= 11 is 0. The SMILES string of the molecule is Cc1nc([C@H](C)NC(=O)c2cn3cccc(C)c3n2)n[nH]1. The molecule has 3 aromatic heterocycles. The molecular weight excluding hydrogens is 268 g/mol. The van der Waals surface area contributed by atoms with Crippen LogP contribution in [0.25, 0.3) is 5.65 Å². The van der Waals surface area contributed by atoms with Gasteiger partial charge in [-0.1, -0.05) is 6.07 Å². The van der Waals surface area contributed by atoms with Gasteiger partial charge in [0, 0.05) is 12.4 Å². The molecule has 7 nitrogen and oxygen atoms in total. The highest BCUT2D eigenvalue weighted by Crippen LogP contribution is 2.12. The van der Waals surface area contributed by atoms with Gasteiger partial charge in [0.1, 0.15) is 17.2 Å². The first kappa shape index (κ1) is 13.3. The first-order valence-corrected chi connectivity index (χ1v) is 6.68. The third-order valence-electron chi connectivity index (χ3n) is 3.26. The Labute approximate surface area is 121 Å². The first-order valence-electron chi connectivity index (χ1n) is 6.68. The van der Waals surface area contributed by atoms with Gasteiger partial charge in [-0.15, -0.1) is 0 Å². The Hall–Kier alpha value is -2.70. The molecule has 0 saturated carbocycles. The lowest BCUT2D eigenvalue weighted by Gasteiger charge is -2.08. The molecular formula is C14H16N6O. The van der Waals surface area contributed by atoms with Gasteiger partial charge in [-0.05, 0) is 32.4 Å². The van der Waals surface area contributed by atoms with Crippen molar-refractivity contribution in [2.45, 2.75) is 26.8 Å². The number of carbonyl (C=O) groups is 1. The zero-order chi connectivity index (χ0) is 15.0. The summed E-state index contributed by atoms with van der Waals surface area (Å²) in [5, 5.41) is 9.65. The number of imidazole rings is 1. The number of hydrogen-bond acceptors (Lipinski definition) is 4. The van der Waals surface area contributed by atoms with Crippen molar-refractivity contribution in [3.63, 3.8) is 0 Å². The Morgan fingerprint density at radius 2 is 2.19 bits per heavy atom. The average Bonchev–Trinajstić information content (AvgIpc) is 3.05. The summed E-state index contributed by atoms with van der Waals surface area (Å²) in [6.45, 7) is 5.61. The normalized spacial score (nSPS) is 12.5. The van der Waals surface area contributed by atoms with E-state index in [1.165, 1.54) is 0 Å². The van der Waals surface area contributed by atoms with Gasteiger partial charge in [-0.25, -0.2) is 9.97 Å². The number of amides is 1. The lowest BCUT2D eigenvalue weighted by atomic mass is 10.3. The van der Waals surface area contributed by atoms with Crippen LogP contribution in [-0.2, 0) is 0 Å². The summed E-state index contributed by atoms with van der Waals surface area (Å²) in [4.78, 5) is 20.8. The second-order valence-electron chi connectivity index (χ2n) is 5.02. The number of aromatic nitrogens is 5. The van der Waals surface area contributed by atoms with E-state index in [4.69, 9.17) is 0 Å². The summed E-state index contributed by atoms with van der Waals surface area (Å²) in [6, 6.07) is 3.60. The van der Waals surface area contributed by atoms with Gasteiger partial charge in [0.05, 0.1) is 6.04 Å². The van der Waals surface area contributed by atoms with Crippen molar-refractivity contribution in [1.82, 2.24) is 29.9 Å². The van der Waals surface area contributed by atoms with Crippen LogP contribution in [0.5, 0.6) is 0 Å². The predicted octanol–water partition coefficient (Wildman–Crippen LogP) is 1.56. The minimum atomic E-state index is -0.284. The van der Waals surface area contributed by atoms with Crippen molar-refractivity contribution in [1.29, 1.82) is 0 Å². The average molecular weight is 284 g/mol. The van der Waals surface area contributed by atoms with Crippen LogP contribution in [0.2, 0.25) is 0 Å². The van der Waals surface area contributed by atoms with Crippen molar-refractivity contribution in [3.05, 3.63) is 47.4 Å². The number of pyridine rings is 1. The minimum absolute atomic E-state index is 0.243. The summed E-state index contributed by atoms with van der Waals surface area (Å²) in [5.74, 6) is 1.03. The zero-order valence-electron chi connectivity index (χ0n) is 12.1. The number of nitrogens with one attached hydrogen (secondary N) is 2. The largest absolute Gasteiger partial charge is 0.341 e. The van der Waals surface area contributed by atoms with Crippen LogP contribution in [0.15, 0.2) is 24.5 Å². The number of H-pyrrole nitrogens is 1. The van der Waals surface area contributed by atoms with Crippen LogP contribution in [0.4, 0.5) is 0 Å². The standard InChI is InChI=1S/C14H16N6O/c1-8-5-4-6-20-7-11(17-13(8)20)14(21)15-9(2)12-16-10(3)18-19-12/h4-7,9H,1-3H3,(H,15,21)(H,16,18,19)/t9-/m0/s1. The molecule has 2 N–H and O–H groups in total. The van der Waals surface area contributed by atoms with Gasteiger partial charge in [0.25, 0.3) is 5.91 Å². The van der Waals surface area contributed by atoms with Crippen LogP contribution in [0.3, 0.4) is 0 Å². The zero-order valence-corrected chi connectivity index (χ0v) is 12.1. The number of carbonyl (C=O) groups excluding carboxylic acids is 1. The predicted molar refractivity (Wildman–Crippen MR) is 76.9 cm³/mol. The number of rotatable bonds is 3. The number of nitrogens with zero attached hydrogens (tertiary/aromatic N) is 4. The fourth-order valence-corrected chi connectivity index (χ4v) is 2.15. The topological polar surface area (TPSA) is 88.0 Å². The smallest absolute Gasteiger partial charge is 0.272 e. The molecule has 3 heterocycles. The molecule has 1 atom stereocenters. The van der Waals surface area contributed by atoms with E-state index in [0.29, 0.717) is 11.5 Å². The molecule has 0 aliphatic rings. The van der Waals surface area contributed by atoms with E-state index < -0.39 is 0 Å². The molecule has 0 aliphatic heterocycles. The third-order valence-corrected chi connectivity index (χ3v) is 3.26. The van der Waals surface area contributed by atoms with Crippen molar-refractivity contribution < 1.29 is 4.79 Å². The number of aryl methyl sites for hydroxylation is 2. The lowest BCUT2D eigenvalue weighted by molar-refractivity contribution is 0.0934. The quantitative estimate of drug-likeness (QED) is 0.764. The van der Waals surface area contributed by atoms with Crippen molar-refractivity contribution in [2.75, 3.05) is 0 Å². The van der Waals surface area contributed by atoms with Crippen LogP contribution in [0.1, 0.15) is 40.7 Å². The van der Waals surface area contributed by atoms with E-state index in [9.17, 15) is 4.79 Å². The molecule has 0 unspecified atom stereocenters. The Bertz CT molecular complexity index is 803. The maximum atomic E-state index is 12.3. The van der Waals surface area contributed by atoms with E-state index in [1.807, 2.05) is 43.5 Å². The number of aromatic amines is 1. The second kappa shape index (κ2) is 5.01. The van der Waals surface area contributed by atoms with Gasteiger partial charge in [-0.2, -0.15) is 5.10 Å². The minimum Gasteiger partial charge on any atom is -0.341 e. The summed E-state index contributed by atoms with van der Waals surface area (Å²) < 4.78 is 1.84. The Morgan fingerprint density at radius 1 is 1.38 bits per heavy atom. The van der Waals surface area contributed by atoms with Crippen molar-refractivity contribution >= 4 is 11.6 Å². The molecule has 0 spiro atoms. The molecule has 0 aliphatic carbocycles. The molecule has 0 fully saturated rings. The molecule has 1 amide bonds. The molecule has 0 radical (unpaired) electrons. The molecule has 3 rings (SSSR count). The summed E-state index contributed by atoms with van der Waals surface area (Å²) in [7, 11) is 0. The lowest BCUT2D eigenvalue weighted by Crippen LogP contribution is -2.27. The van der Waals surface area contributed by atoms with E-state index in [-0.39, 0.29) is 11.9 Å². The second-order valence-corrected chi connectivity index (χ2v) is 5.02. The van der Waals surface area contributed by atoms with Gasteiger partial charge in [-0.3, -0.25) is 9.89 Å². The fourth-order valence-electron chi connectivity index (χ4n) is 2.15. The van der Waals surface area contributed by atoms with E-state index in [1.54, 1.807) is 6.20 Å². The third kappa shape index (κ3) is 2.49. The maximum absolute atomic E-state index is 12.3. The Balaban J connectivity index is 1.82. The molecule has 0 saturated heterocycles. The van der Waals surface area contributed by atoms with E-state index in [2.05, 4.69) is 25.5 Å². The van der Waals surface area contributed by atoms with Crippen LogP contribution < -0.4 is 5.32 Å². The molecule has 108 valence electrons. The van der Waals surface area contributed by atoms with Crippen LogP contribution >= 0.6 is 0 Å². The van der Waals surface area contributed by atoms with Crippen molar-refractivity contribution in [2.24, 2.45) is 0 Å². The van der Waals surface area contributed by atoms with Crippen molar-refractivity contribution in [3.8, 4) is 0 Å². The van der Waals surface area contributed by atoms with E-state index >= 15 is 0 Å². The van der Waals surface area contributed by atoms with Gasteiger partial charge in [0.2, 0.25) is 0 Å². The number of hydrogen-bond donors (Lipinski definition) is 2. The Morgan fingerprint density at radius 3 is 2.86 bits per heavy atom. The van der Waals surface area contributed by atoms with Crippen LogP contribution in [0, 0.1) is 13.8 Å². The Kier molecular flexibility index (Phi) is 3.17. The molecule has 0 bridgehead atoms. The summed E-state index contributed by atoms with van der Waals surface area (Å²) in [5.41, 5.74) is 2.18. The fraction of sp³-hybridized carbons (Fsp3) is 0.286. The highest BCUT2D eigenvalue weighted by Gasteiger charge is 2.17. The monoisotopic (exact) mass is 284 g/mol. The van der Waals surface area contributed by atoms with Gasteiger partial charge >= 0.3 is 0 Å². The highest BCUT2D eigenvalue weighted by atomic mass is 16.2. The highest BCUT2D eigenvalue weighted by molar-refractivity contribution is 5.93. The van der Waals surface area contributed by atoms with Gasteiger partial charge in [0.15, 0.2) is 5.82 Å². The van der Waals surface area contributed by atoms with Crippen LogP contribution in [-0.4, -0.2) is 30.5 Å². The van der Waals surface area contributed by atoms with Gasteiger partial charge < -0.3 is 9.72 Å².